The maximum Gasteiger partial charge on any atom is 0.340 e. The summed E-state index contributed by atoms with van der Waals surface area (Å²) in [6.45, 7) is 3.76. The predicted octanol–water partition coefficient (Wildman–Crippen LogP) is 3.93. The number of carbonyl (C=O) groups excluding carboxylic acids is 1. The molecule has 4 rings (SSSR count). The van der Waals surface area contributed by atoms with E-state index in [1.807, 2.05) is 0 Å². The number of ether oxygens (including phenoxy) is 1. The average molecular weight is 560 g/mol. The van der Waals surface area contributed by atoms with Gasteiger partial charge in [-0.25, -0.2) is 26.7 Å². The molecule has 0 aromatic carbocycles. The minimum absolute atomic E-state index is 0.0730. The number of nitrogens with two attached hydrogens (primary N) is 1. The quantitative estimate of drug-likeness (QED) is 0.387. The SMILES string of the molecule is CC1(C)C(N)=N[C@](C)(c2nc(CC(=O)c3ccc(OCC(F)(F)C(F)F)cn3)ccc2F)[C@H]2CCN=[S@]21=O. The van der Waals surface area contributed by atoms with Crippen LogP contribution in [0.15, 0.2) is 39.8 Å². The molecule has 4 heterocycles. The number of Topliss-reactive ketones (excluding diaryl/α,β-unsaturated/α-hetero) is 1. The van der Waals surface area contributed by atoms with Crippen molar-refractivity contribution in [3.8, 4) is 5.75 Å². The fourth-order valence-corrected chi connectivity index (χ4v) is 7.69. The number of alkyl halides is 4. The van der Waals surface area contributed by atoms with Gasteiger partial charge in [-0.05, 0) is 51.5 Å². The average Bonchev–Trinajstić information content (AvgIpc) is 3.28. The third-order valence-electron chi connectivity index (χ3n) is 6.89. The van der Waals surface area contributed by atoms with E-state index in [4.69, 9.17) is 5.73 Å². The van der Waals surface area contributed by atoms with Crippen LogP contribution in [0, 0.1) is 5.82 Å². The number of ketones is 1. The van der Waals surface area contributed by atoms with E-state index in [1.165, 1.54) is 12.1 Å². The number of halogens is 5. The van der Waals surface area contributed by atoms with Crippen molar-refractivity contribution >= 4 is 21.3 Å². The number of aliphatic imine (C=N–C) groups is 1. The van der Waals surface area contributed by atoms with Crippen molar-refractivity contribution < 1.29 is 35.7 Å². The standard InChI is InChI=1S/C24H26F5N5O3S/c1-22(2)21(30)34-23(3,18-8-9-32-38(18,22)36)19-15(25)6-4-13(33-19)10-17(35)16-7-5-14(11-31-16)37-12-24(28,29)20(26)27/h4-7,11,18,20H,8-10,12H2,1-3H3,(H2,30,34)/t18-,23+,38+/m1/s1. The second-order valence-corrected chi connectivity index (χ2v) is 12.8. The number of pyridine rings is 2. The molecular formula is C24H26F5N5O3S. The molecule has 8 nitrogen and oxygen atoms in total. The van der Waals surface area contributed by atoms with E-state index < -0.39 is 55.8 Å². The molecule has 0 spiro atoms. The summed E-state index contributed by atoms with van der Waals surface area (Å²) in [4.78, 5) is 25.6. The number of nitrogens with zero attached hydrogens (tertiary/aromatic N) is 4. The van der Waals surface area contributed by atoms with Crippen molar-refractivity contribution in [1.29, 1.82) is 0 Å². The van der Waals surface area contributed by atoms with Crippen LogP contribution in [0.2, 0.25) is 0 Å². The van der Waals surface area contributed by atoms with Crippen molar-refractivity contribution in [3.63, 3.8) is 0 Å². The minimum Gasteiger partial charge on any atom is -0.485 e. The molecule has 0 unspecified atom stereocenters. The molecule has 0 radical (unpaired) electrons. The van der Waals surface area contributed by atoms with Gasteiger partial charge in [0.05, 0.1) is 27.6 Å². The molecule has 0 amide bonds. The lowest BCUT2D eigenvalue weighted by molar-refractivity contribution is -0.148. The molecule has 206 valence electrons. The van der Waals surface area contributed by atoms with E-state index in [0.717, 1.165) is 18.3 Å². The second kappa shape index (κ2) is 9.54. The van der Waals surface area contributed by atoms with Crippen molar-refractivity contribution in [2.24, 2.45) is 15.1 Å². The molecule has 2 aliphatic rings. The number of aromatic nitrogens is 2. The van der Waals surface area contributed by atoms with Crippen LogP contribution in [0.5, 0.6) is 5.75 Å². The summed E-state index contributed by atoms with van der Waals surface area (Å²) >= 11 is 0. The molecule has 0 bridgehead atoms. The first-order valence-corrected chi connectivity index (χ1v) is 13.2. The van der Waals surface area contributed by atoms with Gasteiger partial charge < -0.3 is 10.5 Å². The van der Waals surface area contributed by atoms with E-state index >= 15 is 4.39 Å². The highest BCUT2D eigenvalue weighted by molar-refractivity contribution is 7.96. The Labute approximate surface area is 216 Å². The summed E-state index contributed by atoms with van der Waals surface area (Å²) in [5.74, 6) is -5.71. The summed E-state index contributed by atoms with van der Waals surface area (Å²) in [5.41, 5.74) is 4.82. The fraction of sp³-hybridized carbons (Fsp3) is 0.500. The van der Waals surface area contributed by atoms with Gasteiger partial charge in [0.15, 0.2) is 12.4 Å². The van der Waals surface area contributed by atoms with Gasteiger partial charge in [-0.3, -0.25) is 14.8 Å². The molecule has 0 aliphatic carbocycles. The lowest BCUT2D eigenvalue weighted by Gasteiger charge is -2.44. The van der Waals surface area contributed by atoms with Crippen LogP contribution < -0.4 is 10.5 Å². The number of hydrogen-bond donors (Lipinski definition) is 1. The van der Waals surface area contributed by atoms with Crippen molar-refractivity contribution in [1.82, 2.24) is 9.97 Å². The van der Waals surface area contributed by atoms with E-state index in [1.54, 1.807) is 20.8 Å². The minimum atomic E-state index is -4.33. The maximum atomic E-state index is 15.1. The smallest absolute Gasteiger partial charge is 0.340 e. The number of fused-ring (bicyclic) bond motifs is 1. The Kier molecular flexibility index (Phi) is 7.00. The molecular weight excluding hydrogens is 533 g/mol. The molecule has 38 heavy (non-hydrogen) atoms. The highest BCUT2D eigenvalue weighted by atomic mass is 32.2. The van der Waals surface area contributed by atoms with Crippen LogP contribution in [0.4, 0.5) is 22.0 Å². The highest BCUT2D eigenvalue weighted by Crippen LogP contribution is 2.47. The molecule has 14 heteroatoms. The summed E-state index contributed by atoms with van der Waals surface area (Å²) in [6, 6.07) is 4.80. The van der Waals surface area contributed by atoms with Crippen molar-refractivity contribution in [2.75, 3.05) is 13.2 Å². The first-order valence-electron chi connectivity index (χ1n) is 11.6. The Bertz CT molecular complexity index is 1410. The Morgan fingerprint density at radius 1 is 1.24 bits per heavy atom. The summed E-state index contributed by atoms with van der Waals surface area (Å²) in [5, 5.41) is -0.642. The van der Waals surface area contributed by atoms with Crippen LogP contribution in [-0.2, 0) is 21.7 Å². The van der Waals surface area contributed by atoms with E-state index in [0.29, 0.717) is 13.0 Å². The van der Waals surface area contributed by atoms with Crippen LogP contribution in [-0.4, -0.2) is 61.3 Å². The van der Waals surface area contributed by atoms with E-state index in [-0.39, 0.29) is 35.1 Å². The molecule has 0 fully saturated rings. The molecule has 3 atom stereocenters. The van der Waals surface area contributed by atoms with Gasteiger partial charge in [0.1, 0.15) is 39.1 Å². The van der Waals surface area contributed by atoms with Gasteiger partial charge in [0, 0.05) is 12.2 Å². The number of amidine groups is 1. The zero-order valence-electron chi connectivity index (χ0n) is 20.8. The van der Waals surface area contributed by atoms with Gasteiger partial charge in [-0.1, -0.05) is 0 Å². The third-order valence-corrected chi connectivity index (χ3v) is 10.6. The molecule has 2 aliphatic heterocycles. The monoisotopic (exact) mass is 559 g/mol. The lowest BCUT2D eigenvalue weighted by atomic mass is 9.89. The first kappa shape index (κ1) is 27.9. The summed E-state index contributed by atoms with van der Waals surface area (Å²) < 4.78 is 87.6. The van der Waals surface area contributed by atoms with Gasteiger partial charge in [0.2, 0.25) is 0 Å². The van der Waals surface area contributed by atoms with E-state index in [2.05, 4.69) is 24.1 Å². The van der Waals surface area contributed by atoms with Crippen LogP contribution >= 0.6 is 0 Å². The Morgan fingerprint density at radius 3 is 2.58 bits per heavy atom. The maximum absolute atomic E-state index is 15.1. The number of hydrogen-bond acceptors (Lipinski definition) is 8. The normalized spacial score (nSPS) is 26.4. The van der Waals surface area contributed by atoms with Crippen LogP contribution in [0.25, 0.3) is 0 Å². The molecule has 2 aromatic rings. The third kappa shape index (κ3) is 4.63. The zero-order chi connectivity index (χ0) is 28.1. The van der Waals surface area contributed by atoms with Crippen molar-refractivity contribution in [2.45, 2.75) is 61.5 Å². The van der Waals surface area contributed by atoms with Crippen LogP contribution in [0.1, 0.15) is 49.1 Å². The van der Waals surface area contributed by atoms with Gasteiger partial charge in [-0.15, -0.1) is 0 Å². The summed E-state index contributed by atoms with van der Waals surface area (Å²) in [6.07, 6.45) is -2.82. The predicted molar refractivity (Wildman–Crippen MR) is 130 cm³/mol. The van der Waals surface area contributed by atoms with Gasteiger partial charge in [0.25, 0.3) is 0 Å². The van der Waals surface area contributed by atoms with Gasteiger partial charge in [-0.2, -0.15) is 8.78 Å². The topological polar surface area (TPSA) is 120 Å². The number of carbonyl (C=O) groups is 1. The molecule has 0 saturated heterocycles. The lowest BCUT2D eigenvalue weighted by Crippen LogP contribution is -2.58. The fourth-order valence-electron chi connectivity index (χ4n) is 4.54. The Balaban J connectivity index is 1.57. The summed E-state index contributed by atoms with van der Waals surface area (Å²) in [7, 11) is -2.91. The largest absolute Gasteiger partial charge is 0.485 e. The first-order chi connectivity index (χ1) is 17.6. The van der Waals surface area contributed by atoms with Gasteiger partial charge >= 0.3 is 12.3 Å². The Morgan fingerprint density at radius 2 is 1.95 bits per heavy atom. The van der Waals surface area contributed by atoms with E-state index in [9.17, 15) is 26.6 Å². The molecule has 0 saturated carbocycles. The second-order valence-electron chi connectivity index (χ2n) is 9.82. The van der Waals surface area contributed by atoms with Crippen molar-refractivity contribution in [3.05, 3.63) is 53.4 Å². The molecule has 2 aromatic heterocycles. The molecule has 2 N–H and O–H groups in total. The number of rotatable bonds is 8. The van der Waals surface area contributed by atoms with Crippen LogP contribution in [0.3, 0.4) is 0 Å². The Hall–Kier alpha value is -3.16. The zero-order valence-corrected chi connectivity index (χ0v) is 21.6. The highest BCUT2D eigenvalue weighted by Gasteiger charge is 2.57.